The molecule has 0 saturated heterocycles. The number of ether oxygens (including phenoxy) is 1. The lowest BCUT2D eigenvalue weighted by atomic mass is 9.55. The molecule has 1 heterocycles. The van der Waals surface area contributed by atoms with E-state index >= 15 is 0 Å². The largest absolute Gasteiger partial charge is 0.378 e. The molecule has 1 aromatic rings. The third-order valence-corrected chi connectivity index (χ3v) is 5.38. The van der Waals surface area contributed by atoms with E-state index in [0.29, 0.717) is 17.6 Å². The van der Waals surface area contributed by atoms with Crippen LogP contribution in [0.4, 0.5) is 0 Å². The molecular formula is C16H28N4O. The highest BCUT2D eigenvalue weighted by molar-refractivity contribution is 5.08. The summed E-state index contributed by atoms with van der Waals surface area (Å²) >= 11 is 0. The Labute approximate surface area is 127 Å². The number of rotatable bonds is 7. The number of hydrogen-bond donors (Lipinski definition) is 2. The van der Waals surface area contributed by atoms with Gasteiger partial charge in [-0.05, 0) is 39.2 Å². The maximum atomic E-state index is 6.00. The molecule has 5 nitrogen and oxygen atoms in total. The number of nitrogens with one attached hydrogen (secondary N) is 2. The van der Waals surface area contributed by atoms with Crippen molar-refractivity contribution in [2.45, 2.75) is 70.4 Å². The third-order valence-electron chi connectivity index (χ3n) is 5.38. The second-order valence-electron chi connectivity index (χ2n) is 6.52. The summed E-state index contributed by atoms with van der Waals surface area (Å²) in [6.45, 7) is 4.03. The Balaban J connectivity index is 1.46. The van der Waals surface area contributed by atoms with Gasteiger partial charge in [-0.1, -0.05) is 19.3 Å². The first kappa shape index (κ1) is 15.0. The van der Waals surface area contributed by atoms with Gasteiger partial charge in [0, 0.05) is 24.5 Å². The molecule has 2 saturated carbocycles. The number of nitrogens with zero attached hydrogens (tertiary/aromatic N) is 2. The Kier molecular flexibility index (Phi) is 4.91. The van der Waals surface area contributed by atoms with Crippen LogP contribution < -0.4 is 5.32 Å². The molecule has 0 aromatic carbocycles. The van der Waals surface area contributed by atoms with Crippen LogP contribution in [0.25, 0.3) is 0 Å². The van der Waals surface area contributed by atoms with Gasteiger partial charge in [0.25, 0.3) is 0 Å². The third kappa shape index (κ3) is 3.14. The summed E-state index contributed by atoms with van der Waals surface area (Å²) in [6.07, 6.45) is 12.2. The summed E-state index contributed by atoms with van der Waals surface area (Å²) in [5.74, 6) is 0.991. The van der Waals surface area contributed by atoms with Crippen LogP contribution in [0, 0.1) is 5.41 Å². The molecule has 2 atom stereocenters. The molecule has 2 aliphatic carbocycles. The van der Waals surface area contributed by atoms with Crippen LogP contribution in [0.3, 0.4) is 0 Å². The molecular weight excluding hydrogens is 264 g/mol. The van der Waals surface area contributed by atoms with E-state index in [1.165, 1.54) is 38.5 Å². The number of aromatic amines is 1. The molecule has 2 N–H and O–H groups in total. The summed E-state index contributed by atoms with van der Waals surface area (Å²) in [7, 11) is 0. The molecule has 0 amide bonds. The molecule has 2 fully saturated rings. The lowest BCUT2D eigenvalue weighted by Crippen LogP contribution is -2.64. The van der Waals surface area contributed by atoms with Gasteiger partial charge in [-0.15, -0.1) is 0 Å². The minimum atomic E-state index is 0.431. The molecule has 1 spiro atoms. The minimum Gasteiger partial charge on any atom is -0.378 e. The Morgan fingerprint density at radius 3 is 2.95 bits per heavy atom. The van der Waals surface area contributed by atoms with Gasteiger partial charge in [0.05, 0.1) is 6.10 Å². The molecule has 5 heteroatoms. The van der Waals surface area contributed by atoms with E-state index in [4.69, 9.17) is 4.74 Å². The van der Waals surface area contributed by atoms with Crippen LogP contribution >= 0.6 is 0 Å². The Morgan fingerprint density at radius 1 is 1.38 bits per heavy atom. The first-order valence-electron chi connectivity index (χ1n) is 8.54. The van der Waals surface area contributed by atoms with Gasteiger partial charge in [-0.2, -0.15) is 5.10 Å². The van der Waals surface area contributed by atoms with Gasteiger partial charge in [-0.3, -0.25) is 5.10 Å². The lowest BCUT2D eigenvalue weighted by molar-refractivity contribution is -0.149. The van der Waals surface area contributed by atoms with Gasteiger partial charge in [0.2, 0.25) is 0 Å². The van der Waals surface area contributed by atoms with E-state index in [-0.39, 0.29) is 0 Å². The van der Waals surface area contributed by atoms with Crippen LogP contribution in [-0.2, 0) is 11.2 Å². The van der Waals surface area contributed by atoms with Crippen LogP contribution in [0.1, 0.15) is 57.7 Å². The summed E-state index contributed by atoms with van der Waals surface area (Å²) in [5, 5.41) is 10.6. The first-order chi connectivity index (χ1) is 10.3. The summed E-state index contributed by atoms with van der Waals surface area (Å²) < 4.78 is 6.00. The topological polar surface area (TPSA) is 62.8 Å². The van der Waals surface area contributed by atoms with Crippen LogP contribution in [-0.4, -0.2) is 40.5 Å². The fourth-order valence-corrected chi connectivity index (χ4v) is 4.23. The zero-order valence-corrected chi connectivity index (χ0v) is 13.1. The smallest absolute Gasteiger partial charge is 0.137 e. The maximum Gasteiger partial charge on any atom is 0.137 e. The van der Waals surface area contributed by atoms with Crippen molar-refractivity contribution in [3.05, 3.63) is 12.2 Å². The normalized spacial score (nSPS) is 27.7. The van der Waals surface area contributed by atoms with Crippen molar-refractivity contribution >= 4 is 0 Å². The molecule has 2 aliphatic rings. The van der Waals surface area contributed by atoms with E-state index in [1.54, 1.807) is 6.33 Å². The van der Waals surface area contributed by atoms with Crippen molar-refractivity contribution in [3.63, 3.8) is 0 Å². The standard InChI is InChI=1S/C16H28N4O/c1-2-21-14-11-13(16(14)8-4-3-5-9-16)17-10-6-7-15-18-12-19-20-15/h12-14,17H,2-11H2,1H3,(H,18,19,20). The summed E-state index contributed by atoms with van der Waals surface area (Å²) in [4.78, 5) is 4.17. The fourth-order valence-electron chi connectivity index (χ4n) is 4.23. The number of aromatic nitrogens is 3. The van der Waals surface area contributed by atoms with Gasteiger partial charge < -0.3 is 10.1 Å². The Hall–Kier alpha value is -0.940. The molecule has 1 aromatic heterocycles. The summed E-state index contributed by atoms with van der Waals surface area (Å²) in [6, 6.07) is 0.657. The average molecular weight is 292 g/mol. The number of hydrogen-bond acceptors (Lipinski definition) is 4. The van der Waals surface area contributed by atoms with E-state index in [2.05, 4.69) is 27.4 Å². The highest BCUT2D eigenvalue weighted by Crippen LogP contribution is 2.53. The zero-order valence-electron chi connectivity index (χ0n) is 13.1. The molecule has 0 bridgehead atoms. The van der Waals surface area contributed by atoms with Crippen LogP contribution in [0.2, 0.25) is 0 Å². The van der Waals surface area contributed by atoms with Crippen molar-refractivity contribution in [1.82, 2.24) is 20.5 Å². The van der Waals surface area contributed by atoms with Crippen molar-refractivity contribution in [2.24, 2.45) is 5.41 Å². The van der Waals surface area contributed by atoms with Crippen molar-refractivity contribution in [3.8, 4) is 0 Å². The van der Waals surface area contributed by atoms with E-state index < -0.39 is 0 Å². The highest BCUT2D eigenvalue weighted by atomic mass is 16.5. The Morgan fingerprint density at radius 2 is 2.24 bits per heavy atom. The van der Waals surface area contributed by atoms with Crippen molar-refractivity contribution in [1.29, 1.82) is 0 Å². The van der Waals surface area contributed by atoms with Gasteiger partial charge in [0.15, 0.2) is 0 Å². The molecule has 21 heavy (non-hydrogen) atoms. The van der Waals surface area contributed by atoms with E-state index in [9.17, 15) is 0 Å². The molecule has 0 aliphatic heterocycles. The molecule has 0 radical (unpaired) electrons. The second kappa shape index (κ2) is 6.88. The van der Waals surface area contributed by atoms with Gasteiger partial charge in [-0.25, -0.2) is 4.98 Å². The first-order valence-corrected chi connectivity index (χ1v) is 8.54. The Bertz CT molecular complexity index is 414. The molecule has 3 rings (SSSR count). The summed E-state index contributed by atoms with van der Waals surface area (Å²) in [5.41, 5.74) is 0.431. The zero-order chi connectivity index (χ0) is 14.5. The van der Waals surface area contributed by atoms with Gasteiger partial charge in [0.1, 0.15) is 12.2 Å². The molecule has 2 unspecified atom stereocenters. The van der Waals surface area contributed by atoms with E-state index in [0.717, 1.165) is 31.8 Å². The SMILES string of the molecule is CCOC1CC(NCCCc2ncn[nH]2)C12CCCCC2. The van der Waals surface area contributed by atoms with E-state index in [1.807, 2.05) is 0 Å². The number of aryl methyl sites for hydroxylation is 1. The predicted molar refractivity (Wildman–Crippen MR) is 82.0 cm³/mol. The van der Waals surface area contributed by atoms with Crippen molar-refractivity contribution < 1.29 is 4.74 Å². The quantitative estimate of drug-likeness (QED) is 0.758. The van der Waals surface area contributed by atoms with Gasteiger partial charge >= 0.3 is 0 Å². The second-order valence-corrected chi connectivity index (χ2v) is 6.52. The van der Waals surface area contributed by atoms with Crippen LogP contribution in [0.5, 0.6) is 0 Å². The maximum absolute atomic E-state index is 6.00. The monoisotopic (exact) mass is 292 g/mol. The minimum absolute atomic E-state index is 0.431. The lowest BCUT2D eigenvalue weighted by Gasteiger charge is -2.58. The highest BCUT2D eigenvalue weighted by Gasteiger charge is 2.55. The van der Waals surface area contributed by atoms with Crippen molar-refractivity contribution in [2.75, 3.05) is 13.2 Å². The average Bonchev–Trinajstić information content (AvgIpc) is 3.03. The fraction of sp³-hybridized carbons (Fsp3) is 0.875. The predicted octanol–water partition coefficient (Wildman–Crippen LogP) is 2.45. The number of H-pyrrole nitrogens is 1. The molecule has 118 valence electrons. The van der Waals surface area contributed by atoms with Crippen LogP contribution in [0.15, 0.2) is 6.33 Å².